The van der Waals surface area contributed by atoms with Crippen LogP contribution in [-0.2, 0) is 17.8 Å². The summed E-state index contributed by atoms with van der Waals surface area (Å²) in [6.45, 7) is 2.76. The molecule has 0 spiro atoms. The fourth-order valence-corrected chi connectivity index (χ4v) is 3.71. The van der Waals surface area contributed by atoms with Gasteiger partial charge < -0.3 is 9.47 Å². The normalized spacial score (nSPS) is 10.9. The molecular weight excluding hydrogens is 458 g/mol. The molecule has 0 fully saturated rings. The van der Waals surface area contributed by atoms with Gasteiger partial charge in [-0.3, -0.25) is 14.9 Å². The highest BCUT2D eigenvalue weighted by atomic mass is 16.6. The molecule has 0 heterocycles. The van der Waals surface area contributed by atoms with E-state index in [4.69, 9.17) is 9.47 Å². The van der Waals surface area contributed by atoms with E-state index in [-0.39, 0.29) is 18.0 Å². The maximum Gasteiger partial charge on any atom is 0.269 e. The van der Waals surface area contributed by atoms with Crippen LogP contribution in [0.15, 0.2) is 90.0 Å². The van der Waals surface area contributed by atoms with Crippen LogP contribution >= 0.6 is 0 Å². The molecule has 0 atom stereocenters. The molecule has 4 aromatic rings. The lowest BCUT2D eigenvalue weighted by Gasteiger charge is -2.13. The third kappa shape index (κ3) is 6.24. The molecule has 1 amide bonds. The van der Waals surface area contributed by atoms with Crippen LogP contribution in [0.3, 0.4) is 0 Å². The molecule has 0 aliphatic carbocycles. The number of hydrogen-bond acceptors (Lipinski definition) is 6. The SMILES string of the molecule is CCOc1cc(/C=N\NC(=O)Cc2ccc([N+](=O)[O-])cc2)ccc1OCc1cccc2ccccc12. The van der Waals surface area contributed by atoms with Crippen molar-refractivity contribution in [1.29, 1.82) is 0 Å². The van der Waals surface area contributed by atoms with Gasteiger partial charge in [0.25, 0.3) is 5.69 Å². The van der Waals surface area contributed by atoms with E-state index in [1.165, 1.54) is 18.3 Å². The molecule has 0 saturated heterocycles. The van der Waals surface area contributed by atoms with Crippen molar-refractivity contribution in [2.75, 3.05) is 6.61 Å². The maximum atomic E-state index is 12.2. The van der Waals surface area contributed by atoms with Crippen LogP contribution in [0.4, 0.5) is 5.69 Å². The minimum atomic E-state index is -0.482. The van der Waals surface area contributed by atoms with Gasteiger partial charge in [-0.25, -0.2) is 5.43 Å². The third-order valence-electron chi connectivity index (χ3n) is 5.45. The van der Waals surface area contributed by atoms with Gasteiger partial charge in [0.15, 0.2) is 11.5 Å². The van der Waals surface area contributed by atoms with E-state index < -0.39 is 4.92 Å². The fraction of sp³-hybridized carbons (Fsp3) is 0.143. The first-order valence-electron chi connectivity index (χ1n) is 11.4. The number of nitrogens with one attached hydrogen (secondary N) is 1. The minimum absolute atomic E-state index is 0.0215. The second-order valence-electron chi connectivity index (χ2n) is 7.96. The highest BCUT2D eigenvalue weighted by molar-refractivity contribution is 5.86. The molecule has 0 unspecified atom stereocenters. The number of ether oxygens (including phenoxy) is 2. The van der Waals surface area contributed by atoms with E-state index in [1.54, 1.807) is 18.2 Å². The zero-order valence-corrected chi connectivity index (χ0v) is 19.7. The Bertz CT molecular complexity index is 1390. The lowest BCUT2D eigenvalue weighted by molar-refractivity contribution is -0.384. The van der Waals surface area contributed by atoms with Crippen molar-refractivity contribution >= 4 is 28.6 Å². The van der Waals surface area contributed by atoms with Crippen molar-refractivity contribution in [2.24, 2.45) is 5.10 Å². The fourth-order valence-electron chi connectivity index (χ4n) is 3.71. The van der Waals surface area contributed by atoms with Crippen LogP contribution in [0, 0.1) is 10.1 Å². The van der Waals surface area contributed by atoms with Crippen molar-refractivity contribution in [3.8, 4) is 11.5 Å². The Labute approximate surface area is 208 Å². The van der Waals surface area contributed by atoms with Gasteiger partial charge in [0, 0.05) is 12.1 Å². The summed E-state index contributed by atoms with van der Waals surface area (Å²) in [5.74, 6) is 0.864. The average Bonchev–Trinajstić information content (AvgIpc) is 2.88. The van der Waals surface area contributed by atoms with Gasteiger partial charge in [-0.1, -0.05) is 54.6 Å². The molecule has 182 valence electrons. The zero-order valence-electron chi connectivity index (χ0n) is 19.7. The molecule has 0 radical (unpaired) electrons. The molecule has 0 bridgehead atoms. The maximum absolute atomic E-state index is 12.2. The minimum Gasteiger partial charge on any atom is -0.490 e. The molecule has 0 aliphatic rings. The number of carbonyl (C=O) groups is 1. The number of hydrogen-bond donors (Lipinski definition) is 1. The summed E-state index contributed by atoms with van der Waals surface area (Å²) in [7, 11) is 0. The summed E-state index contributed by atoms with van der Waals surface area (Å²) in [4.78, 5) is 22.4. The Balaban J connectivity index is 1.38. The zero-order chi connectivity index (χ0) is 25.3. The predicted octanol–water partition coefficient (Wildman–Crippen LogP) is 5.42. The number of amides is 1. The van der Waals surface area contributed by atoms with Crippen molar-refractivity contribution in [3.05, 3.63) is 112 Å². The van der Waals surface area contributed by atoms with Gasteiger partial charge in [-0.05, 0) is 52.6 Å². The van der Waals surface area contributed by atoms with Gasteiger partial charge in [0.2, 0.25) is 5.91 Å². The molecule has 8 nitrogen and oxygen atoms in total. The van der Waals surface area contributed by atoms with Crippen LogP contribution in [0.5, 0.6) is 11.5 Å². The highest BCUT2D eigenvalue weighted by Crippen LogP contribution is 2.30. The quantitative estimate of drug-likeness (QED) is 0.184. The van der Waals surface area contributed by atoms with Crippen LogP contribution in [-0.4, -0.2) is 23.7 Å². The first-order valence-corrected chi connectivity index (χ1v) is 11.4. The van der Waals surface area contributed by atoms with Crippen molar-refractivity contribution in [1.82, 2.24) is 5.43 Å². The summed E-state index contributed by atoms with van der Waals surface area (Å²) < 4.78 is 11.9. The van der Waals surface area contributed by atoms with E-state index in [0.717, 1.165) is 21.9 Å². The number of nitrogens with zero attached hydrogens (tertiary/aromatic N) is 2. The molecule has 8 heteroatoms. The van der Waals surface area contributed by atoms with E-state index in [0.29, 0.717) is 30.3 Å². The van der Waals surface area contributed by atoms with Crippen molar-refractivity contribution in [3.63, 3.8) is 0 Å². The van der Waals surface area contributed by atoms with Crippen LogP contribution < -0.4 is 14.9 Å². The molecular formula is C28H25N3O5. The summed E-state index contributed by atoms with van der Waals surface area (Å²) >= 11 is 0. The Morgan fingerprint density at radius 2 is 1.75 bits per heavy atom. The average molecular weight is 484 g/mol. The highest BCUT2D eigenvalue weighted by Gasteiger charge is 2.09. The molecule has 4 rings (SSSR count). The van der Waals surface area contributed by atoms with Crippen LogP contribution in [0.1, 0.15) is 23.6 Å². The molecule has 0 aromatic heterocycles. The van der Waals surface area contributed by atoms with Gasteiger partial charge >= 0.3 is 0 Å². The number of nitro groups is 1. The number of hydrazone groups is 1. The predicted molar refractivity (Wildman–Crippen MR) is 138 cm³/mol. The number of rotatable bonds is 10. The number of non-ortho nitro benzene ring substituents is 1. The number of carbonyl (C=O) groups excluding carboxylic acids is 1. The Hall–Kier alpha value is -4.72. The van der Waals surface area contributed by atoms with Crippen LogP contribution in [0.2, 0.25) is 0 Å². The topological polar surface area (TPSA) is 103 Å². The largest absolute Gasteiger partial charge is 0.490 e. The number of benzene rings is 4. The van der Waals surface area contributed by atoms with E-state index >= 15 is 0 Å². The molecule has 4 aromatic carbocycles. The van der Waals surface area contributed by atoms with Crippen molar-refractivity contribution in [2.45, 2.75) is 20.0 Å². The Morgan fingerprint density at radius 1 is 0.972 bits per heavy atom. The Kier molecular flexibility index (Phi) is 7.87. The monoisotopic (exact) mass is 483 g/mol. The smallest absolute Gasteiger partial charge is 0.269 e. The van der Waals surface area contributed by atoms with E-state index in [1.807, 2.05) is 43.3 Å². The van der Waals surface area contributed by atoms with Gasteiger partial charge in [-0.15, -0.1) is 0 Å². The second-order valence-corrected chi connectivity index (χ2v) is 7.96. The van der Waals surface area contributed by atoms with Gasteiger partial charge in [0.05, 0.1) is 24.2 Å². The third-order valence-corrected chi connectivity index (χ3v) is 5.45. The van der Waals surface area contributed by atoms with E-state index in [2.05, 4.69) is 28.7 Å². The summed E-state index contributed by atoms with van der Waals surface area (Å²) in [5, 5.41) is 17.1. The molecule has 0 aliphatic heterocycles. The molecule has 0 saturated carbocycles. The number of fused-ring (bicyclic) bond motifs is 1. The lowest BCUT2D eigenvalue weighted by Crippen LogP contribution is -2.19. The summed E-state index contributed by atoms with van der Waals surface area (Å²) in [6, 6.07) is 25.6. The Morgan fingerprint density at radius 3 is 2.53 bits per heavy atom. The summed E-state index contributed by atoms with van der Waals surface area (Å²) in [5.41, 5.74) is 4.91. The molecule has 36 heavy (non-hydrogen) atoms. The van der Waals surface area contributed by atoms with Gasteiger partial charge in [-0.2, -0.15) is 5.10 Å². The first-order chi connectivity index (χ1) is 17.5. The number of nitro benzene ring substituents is 1. The van der Waals surface area contributed by atoms with E-state index in [9.17, 15) is 14.9 Å². The second kappa shape index (κ2) is 11.6. The van der Waals surface area contributed by atoms with Crippen LogP contribution in [0.25, 0.3) is 10.8 Å². The first kappa shape index (κ1) is 24.4. The standard InChI is InChI=1S/C28H25N3O5/c1-2-35-27-16-21(18-29-30-28(32)17-20-10-13-24(14-11-20)31(33)34)12-15-26(27)36-19-23-8-5-7-22-6-3-4-9-25(22)23/h3-16,18H,2,17,19H2,1H3,(H,30,32)/b29-18-. The van der Waals surface area contributed by atoms with Gasteiger partial charge in [0.1, 0.15) is 6.61 Å². The molecule has 1 N–H and O–H groups in total. The summed E-state index contributed by atoms with van der Waals surface area (Å²) in [6.07, 6.45) is 1.57. The van der Waals surface area contributed by atoms with Crippen molar-refractivity contribution < 1.29 is 19.2 Å². The lowest BCUT2D eigenvalue weighted by atomic mass is 10.1.